The van der Waals surface area contributed by atoms with Crippen LogP contribution < -0.4 is 10.6 Å². The van der Waals surface area contributed by atoms with Gasteiger partial charge in [0.1, 0.15) is 0 Å². The Labute approximate surface area is 98.1 Å². The maximum atomic E-state index is 11.4. The van der Waals surface area contributed by atoms with Gasteiger partial charge in [-0.1, -0.05) is 12.8 Å². The number of hydrogen-bond donors (Lipinski definition) is 6. The molecule has 1 saturated carbocycles. The summed E-state index contributed by atoms with van der Waals surface area (Å²) in [6.07, 6.45) is 3.07. The molecular weight excluding hydrogens is 270 g/mol. The summed E-state index contributed by atoms with van der Waals surface area (Å²) in [7, 11) is -10.0. The molecule has 1 aliphatic carbocycles. The van der Waals surface area contributed by atoms with Crippen LogP contribution in [0.4, 0.5) is 0 Å². The fraction of sp³-hybridized carbons (Fsp3) is 1.00. The SMILES string of the molecule is O=P(O)(O)C1(P(=O)(O)O)NC2CCCCC2N1. The van der Waals surface area contributed by atoms with Gasteiger partial charge in [-0.05, 0) is 12.8 Å². The summed E-state index contributed by atoms with van der Waals surface area (Å²) >= 11 is 0. The molecule has 0 bridgehead atoms. The van der Waals surface area contributed by atoms with E-state index in [9.17, 15) is 28.7 Å². The van der Waals surface area contributed by atoms with Crippen LogP contribution in [-0.2, 0) is 9.13 Å². The highest BCUT2D eigenvalue weighted by Crippen LogP contribution is 2.67. The van der Waals surface area contributed by atoms with Gasteiger partial charge in [-0.2, -0.15) is 0 Å². The number of rotatable bonds is 2. The van der Waals surface area contributed by atoms with Crippen LogP contribution in [0.15, 0.2) is 0 Å². The summed E-state index contributed by atoms with van der Waals surface area (Å²) in [4.78, 5) is 37.0. The molecule has 2 atom stereocenters. The van der Waals surface area contributed by atoms with Gasteiger partial charge < -0.3 is 19.6 Å². The van der Waals surface area contributed by atoms with Gasteiger partial charge in [0.2, 0.25) is 0 Å². The molecule has 17 heavy (non-hydrogen) atoms. The van der Waals surface area contributed by atoms with Crippen LogP contribution >= 0.6 is 15.2 Å². The van der Waals surface area contributed by atoms with Crippen molar-refractivity contribution in [3.8, 4) is 0 Å². The molecule has 8 nitrogen and oxygen atoms in total. The van der Waals surface area contributed by atoms with E-state index in [0.29, 0.717) is 12.8 Å². The lowest BCUT2D eigenvalue weighted by molar-refractivity contribution is 0.284. The molecular formula is C7H16N2O6P2. The van der Waals surface area contributed by atoms with Crippen molar-refractivity contribution in [1.82, 2.24) is 10.6 Å². The van der Waals surface area contributed by atoms with Gasteiger partial charge in [0.25, 0.3) is 5.15 Å². The minimum Gasteiger partial charge on any atom is -0.322 e. The first kappa shape index (κ1) is 13.6. The normalized spacial score (nSPS) is 33.4. The molecule has 2 unspecified atom stereocenters. The summed E-state index contributed by atoms with van der Waals surface area (Å²) in [5.74, 6) is 0. The van der Waals surface area contributed by atoms with Crippen LogP contribution in [0.1, 0.15) is 25.7 Å². The van der Waals surface area contributed by atoms with E-state index in [1.54, 1.807) is 0 Å². The second-order valence-corrected chi connectivity index (χ2v) is 8.42. The van der Waals surface area contributed by atoms with Gasteiger partial charge in [-0.15, -0.1) is 0 Å². The molecule has 1 heterocycles. The summed E-state index contributed by atoms with van der Waals surface area (Å²) in [6.45, 7) is 0. The second kappa shape index (κ2) is 4.11. The summed E-state index contributed by atoms with van der Waals surface area (Å²) < 4.78 is 22.8. The van der Waals surface area contributed by atoms with Crippen LogP contribution in [0.5, 0.6) is 0 Å². The molecule has 2 aliphatic rings. The first-order chi connectivity index (χ1) is 7.67. The largest absolute Gasteiger partial charge is 0.372 e. The van der Waals surface area contributed by atoms with E-state index < -0.39 is 20.3 Å². The Morgan fingerprint density at radius 2 is 1.24 bits per heavy atom. The Morgan fingerprint density at radius 1 is 0.882 bits per heavy atom. The Hall–Kier alpha value is 0.220. The van der Waals surface area contributed by atoms with E-state index in [1.807, 2.05) is 0 Å². The highest BCUT2D eigenvalue weighted by Gasteiger charge is 2.66. The van der Waals surface area contributed by atoms with Gasteiger partial charge in [-0.3, -0.25) is 19.8 Å². The Bertz CT molecular complexity index is 365. The fourth-order valence-corrected chi connectivity index (χ4v) is 5.23. The van der Waals surface area contributed by atoms with E-state index in [2.05, 4.69) is 10.6 Å². The van der Waals surface area contributed by atoms with Crippen molar-refractivity contribution in [3.63, 3.8) is 0 Å². The van der Waals surface area contributed by atoms with Gasteiger partial charge >= 0.3 is 15.2 Å². The van der Waals surface area contributed by atoms with E-state index in [-0.39, 0.29) is 12.1 Å². The third-order valence-electron chi connectivity index (χ3n) is 3.38. The molecule has 2 fully saturated rings. The van der Waals surface area contributed by atoms with Crippen molar-refractivity contribution in [1.29, 1.82) is 0 Å². The average Bonchev–Trinajstić information content (AvgIpc) is 2.55. The van der Waals surface area contributed by atoms with Crippen LogP contribution in [0, 0.1) is 0 Å². The third-order valence-corrected chi connectivity index (χ3v) is 7.15. The highest BCUT2D eigenvalue weighted by molar-refractivity contribution is 7.72. The van der Waals surface area contributed by atoms with Gasteiger partial charge in [0, 0.05) is 12.1 Å². The molecule has 0 aromatic rings. The van der Waals surface area contributed by atoms with E-state index >= 15 is 0 Å². The molecule has 0 aromatic heterocycles. The molecule has 1 aliphatic heterocycles. The van der Waals surface area contributed by atoms with Crippen molar-refractivity contribution in [2.75, 3.05) is 0 Å². The summed E-state index contributed by atoms with van der Waals surface area (Å²) in [5.41, 5.74) is 0. The summed E-state index contributed by atoms with van der Waals surface area (Å²) in [5, 5.41) is 2.29. The van der Waals surface area contributed by atoms with Crippen molar-refractivity contribution in [2.24, 2.45) is 0 Å². The molecule has 6 N–H and O–H groups in total. The van der Waals surface area contributed by atoms with Crippen LogP contribution in [0.25, 0.3) is 0 Å². The standard InChI is InChI=1S/C7H16N2O6P2/c10-16(11,12)7(17(13,14)15)8-5-3-1-2-4-6(5)9-7/h5-6,8-9H,1-4H2,(H2,10,11,12)(H2,13,14,15). The van der Waals surface area contributed by atoms with Crippen LogP contribution in [0.3, 0.4) is 0 Å². The lowest BCUT2D eigenvalue weighted by atomic mass is 9.92. The quantitative estimate of drug-likeness (QED) is 0.372. The first-order valence-corrected chi connectivity index (χ1v) is 8.56. The van der Waals surface area contributed by atoms with Crippen LogP contribution in [0.2, 0.25) is 0 Å². The maximum absolute atomic E-state index is 11.4. The topological polar surface area (TPSA) is 139 Å². The molecule has 0 aromatic carbocycles. The lowest BCUT2D eigenvalue weighted by Crippen LogP contribution is -2.49. The first-order valence-electron chi connectivity index (χ1n) is 5.34. The van der Waals surface area contributed by atoms with Gasteiger partial charge in [-0.25, -0.2) is 0 Å². The minimum atomic E-state index is -5.02. The smallest absolute Gasteiger partial charge is 0.322 e. The molecule has 0 radical (unpaired) electrons. The zero-order valence-corrected chi connectivity index (χ0v) is 10.8. The van der Waals surface area contributed by atoms with Crippen LogP contribution in [-0.4, -0.2) is 36.8 Å². The van der Waals surface area contributed by atoms with E-state index in [0.717, 1.165) is 12.8 Å². The Morgan fingerprint density at radius 3 is 1.53 bits per heavy atom. The number of nitrogens with one attached hydrogen (secondary N) is 2. The zero-order chi connectivity index (χ0) is 12.9. The maximum Gasteiger partial charge on any atom is 0.372 e. The minimum absolute atomic E-state index is 0.302. The second-order valence-electron chi connectivity index (χ2n) is 4.55. The Kier molecular flexibility index (Phi) is 3.30. The third kappa shape index (κ3) is 2.13. The molecule has 10 heteroatoms. The number of hydrogen-bond acceptors (Lipinski definition) is 4. The van der Waals surface area contributed by atoms with Crippen molar-refractivity contribution in [3.05, 3.63) is 0 Å². The molecule has 100 valence electrons. The van der Waals surface area contributed by atoms with E-state index in [4.69, 9.17) is 0 Å². The van der Waals surface area contributed by atoms with Gasteiger partial charge in [0.15, 0.2) is 0 Å². The molecule has 0 spiro atoms. The highest BCUT2D eigenvalue weighted by atomic mass is 31.2. The van der Waals surface area contributed by atoms with Gasteiger partial charge in [0.05, 0.1) is 0 Å². The summed E-state index contributed by atoms with van der Waals surface area (Å²) in [6, 6.07) is -0.604. The zero-order valence-electron chi connectivity index (χ0n) is 8.98. The van der Waals surface area contributed by atoms with Crippen molar-refractivity contribution in [2.45, 2.75) is 42.9 Å². The number of fused-ring (bicyclic) bond motifs is 1. The van der Waals surface area contributed by atoms with E-state index in [1.165, 1.54) is 0 Å². The monoisotopic (exact) mass is 286 g/mol. The molecule has 0 amide bonds. The predicted octanol–water partition coefficient (Wildman–Crippen LogP) is -0.543. The molecule has 1 saturated heterocycles. The predicted molar refractivity (Wildman–Crippen MR) is 59.1 cm³/mol. The molecule has 2 rings (SSSR count). The average molecular weight is 286 g/mol. The Balaban J connectivity index is 2.39. The fourth-order valence-electron chi connectivity index (χ4n) is 2.54. The van der Waals surface area contributed by atoms with Crippen molar-refractivity contribution >= 4 is 15.2 Å². The van der Waals surface area contributed by atoms with Crippen molar-refractivity contribution < 1.29 is 28.7 Å². The lowest BCUT2D eigenvalue weighted by Gasteiger charge is -2.31.